The van der Waals surface area contributed by atoms with E-state index in [0.29, 0.717) is 5.56 Å². The standard InChI is InChI=1S/C11H13N3O.ClH/c15-11(9-5-2-1-3-6-9)14-13-10-7-4-8-12-10;/h1-3,5-6H,4,7-8H2,(H,12,13)(H,14,15);1H. The van der Waals surface area contributed by atoms with Gasteiger partial charge in [0, 0.05) is 18.5 Å². The quantitative estimate of drug-likeness (QED) is 0.731. The molecule has 0 fully saturated rings. The molecule has 5 heteroatoms. The van der Waals surface area contributed by atoms with Crippen LogP contribution in [0.3, 0.4) is 0 Å². The van der Waals surface area contributed by atoms with E-state index in [0.717, 1.165) is 25.2 Å². The van der Waals surface area contributed by atoms with Crippen LogP contribution in [0.1, 0.15) is 23.2 Å². The number of nitrogens with zero attached hydrogens (tertiary/aromatic N) is 1. The molecular formula is C11H14ClN3O. The second kappa shape index (κ2) is 6.12. The van der Waals surface area contributed by atoms with E-state index in [1.54, 1.807) is 12.1 Å². The van der Waals surface area contributed by atoms with Gasteiger partial charge in [-0.05, 0) is 18.6 Å². The van der Waals surface area contributed by atoms with Gasteiger partial charge in [0.25, 0.3) is 5.91 Å². The fraction of sp³-hybridized carbons (Fsp3) is 0.273. The van der Waals surface area contributed by atoms with E-state index in [2.05, 4.69) is 15.8 Å². The largest absolute Gasteiger partial charge is 0.285 e. The Balaban J connectivity index is 0.00000128. The number of hydrogen-bond acceptors (Lipinski definition) is 3. The zero-order valence-corrected chi connectivity index (χ0v) is 9.59. The number of amidine groups is 1. The van der Waals surface area contributed by atoms with Gasteiger partial charge < -0.3 is 0 Å². The molecule has 4 nitrogen and oxygen atoms in total. The van der Waals surface area contributed by atoms with Crippen LogP contribution in [0.5, 0.6) is 0 Å². The molecule has 1 amide bonds. The number of halogens is 1. The molecule has 0 saturated carbocycles. The number of benzene rings is 1. The van der Waals surface area contributed by atoms with Gasteiger partial charge >= 0.3 is 0 Å². The Bertz CT molecular complexity index is 378. The van der Waals surface area contributed by atoms with Crippen molar-refractivity contribution in [2.75, 3.05) is 6.54 Å². The molecule has 0 radical (unpaired) electrons. The lowest BCUT2D eigenvalue weighted by molar-refractivity contribution is 0.0943. The van der Waals surface area contributed by atoms with Crippen LogP contribution in [0.25, 0.3) is 0 Å². The van der Waals surface area contributed by atoms with E-state index in [9.17, 15) is 4.79 Å². The molecule has 1 aliphatic heterocycles. The number of amides is 1. The highest BCUT2D eigenvalue weighted by molar-refractivity contribution is 5.96. The maximum atomic E-state index is 11.6. The molecule has 2 rings (SSSR count). The van der Waals surface area contributed by atoms with Crippen molar-refractivity contribution in [3.8, 4) is 0 Å². The normalized spacial score (nSPS) is 13.6. The van der Waals surface area contributed by atoms with Gasteiger partial charge in [0.05, 0.1) is 0 Å². The lowest BCUT2D eigenvalue weighted by Crippen LogP contribution is -2.40. The second-order valence-corrected chi connectivity index (χ2v) is 3.38. The van der Waals surface area contributed by atoms with Gasteiger partial charge in [0.2, 0.25) is 0 Å². The summed E-state index contributed by atoms with van der Waals surface area (Å²) in [6, 6.07) is 9.09. The Hall–Kier alpha value is -1.55. The van der Waals surface area contributed by atoms with Crippen molar-refractivity contribution in [2.45, 2.75) is 12.8 Å². The Morgan fingerprint density at radius 1 is 1.25 bits per heavy atom. The second-order valence-electron chi connectivity index (χ2n) is 3.38. The molecule has 0 aromatic heterocycles. The molecule has 0 aliphatic carbocycles. The summed E-state index contributed by atoms with van der Waals surface area (Å²) in [6.45, 7) is 0.851. The number of carbonyl (C=O) groups excluding carboxylic acids is 1. The molecule has 1 aromatic carbocycles. The summed E-state index contributed by atoms with van der Waals surface area (Å²) >= 11 is 0. The van der Waals surface area contributed by atoms with Gasteiger partial charge in [-0.25, -0.2) is 0 Å². The van der Waals surface area contributed by atoms with Crippen molar-refractivity contribution in [1.29, 1.82) is 0 Å². The number of hydrogen-bond donors (Lipinski definition) is 2. The Morgan fingerprint density at radius 2 is 2.00 bits per heavy atom. The lowest BCUT2D eigenvalue weighted by atomic mass is 10.2. The molecule has 0 spiro atoms. The smallest absolute Gasteiger partial charge is 0.269 e. The van der Waals surface area contributed by atoms with E-state index in [4.69, 9.17) is 0 Å². The SMILES string of the molecule is Cl.O=C(NNC1=NCCC1)c1ccccc1. The third-order valence-electron chi connectivity index (χ3n) is 2.23. The molecule has 1 heterocycles. The molecule has 0 saturated heterocycles. The van der Waals surface area contributed by atoms with Crippen LogP contribution >= 0.6 is 12.4 Å². The topological polar surface area (TPSA) is 53.5 Å². The monoisotopic (exact) mass is 239 g/mol. The summed E-state index contributed by atoms with van der Waals surface area (Å²) in [6.07, 6.45) is 1.97. The molecule has 0 unspecified atom stereocenters. The van der Waals surface area contributed by atoms with E-state index in [-0.39, 0.29) is 18.3 Å². The van der Waals surface area contributed by atoms with Crippen LogP contribution in [-0.4, -0.2) is 18.3 Å². The maximum Gasteiger partial charge on any atom is 0.269 e. The van der Waals surface area contributed by atoms with Crippen LogP contribution in [0.2, 0.25) is 0 Å². The van der Waals surface area contributed by atoms with Crippen LogP contribution < -0.4 is 10.9 Å². The number of carbonyl (C=O) groups is 1. The van der Waals surface area contributed by atoms with Crippen LogP contribution in [-0.2, 0) is 0 Å². The van der Waals surface area contributed by atoms with Crippen molar-refractivity contribution >= 4 is 24.1 Å². The third-order valence-corrected chi connectivity index (χ3v) is 2.23. The first kappa shape index (κ1) is 12.5. The summed E-state index contributed by atoms with van der Waals surface area (Å²) in [7, 11) is 0. The van der Waals surface area contributed by atoms with Crippen LogP contribution in [0.15, 0.2) is 35.3 Å². The highest BCUT2D eigenvalue weighted by atomic mass is 35.5. The zero-order chi connectivity index (χ0) is 10.5. The zero-order valence-electron chi connectivity index (χ0n) is 8.77. The molecule has 86 valence electrons. The van der Waals surface area contributed by atoms with Gasteiger partial charge in [-0.3, -0.25) is 20.6 Å². The first-order valence-corrected chi connectivity index (χ1v) is 5.01. The van der Waals surface area contributed by atoms with Crippen molar-refractivity contribution in [1.82, 2.24) is 10.9 Å². The minimum absolute atomic E-state index is 0. The van der Waals surface area contributed by atoms with Crippen molar-refractivity contribution in [3.05, 3.63) is 35.9 Å². The number of rotatable bonds is 1. The molecule has 16 heavy (non-hydrogen) atoms. The van der Waals surface area contributed by atoms with Crippen LogP contribution in [0, 0.1) is 0 Å². The molecular weight excluding hydrogens is 226 g/mol. The van der Waals surface area contributed by atoms with E-state index < -0.39 is 0 Å². The maximum absolute atomic E-state index is 11.6. The Kier molecular flexibility index (Phi) is 4.79. The molecule has 1 aromatic rings. The summed E-state index contributed by atoms with van der Waals surface area (Å²) in [4.78, 5) is 15.8. The molecule has 1 aliphatic rings. The van der Waals surface area contributed by atoms with Gasteiger partial charge in [0.1, 0.15) is 5.84 Å². The fourth-order valence-corrected chi connectivity index (χ4v) is 1.43. The summed E-state index contributed by atoms with van der Waals surface area (Å²) < 4.78 is 0. The van der Waals surface area contributed by atoms with Crippen molar-refractivity contribution in [2.24, 2.45) is 4.99 Å². The first-order chi connectivity index (χ1) is 7.36. The average molecular weight is 240 g/mol. The predicted octanol–water partition coefficient (Wildman–Crippen LogP) is 1.54. The minimum atomic E-state index is -0.134. The lowest BCUT2D eigenvalue weighted by Gasteiger charge is -2.07. The summed E-state index contributed by atoms with van der Waals surface area (Å²) in [5, 5.41) is 0. The number of nitrogens with one attached hydrogen (secondary N) is 2. The van der Waals surface area contributed by atoms with Gasteiger partial charge in [-0.1, -0.05) is 18.2 Å². The van der Waals surface area contributed by atoms with Crippen molar-refractivity contribution < 1.29 is 4.79 Å². The molecule has 2 N–H and O–H groups in total. The molecule has 0 bridgehead atoms. The summed E-state index contributed by atoms with van der Waals surface area (Å²) in [5.74, 6) is 0.726. The minimum Gasteiger partial charge on any atom is -0.285 e. The van der Waals surface area contributed by atoms with Crippen LogP contribution in [0.4, 0.5) is 0 Å². The highest BCUT2D eigenvalue weighted by Crippen LogP contribution is 2.01. The Labute approximate surface area is 101 Å². The van der Waals surface area contributed by atoms with Gasteiger partial charge in [-0.15, -0.1) is 12.4 Å². The first-order valence-electron chi connectivity index (χ1n) is 5.01. The summed E-state index contributed by atoms with van der Waals surface area (Å²) in [5.41, 5.74) is 6.09. The van der Waals surface area contributed by atoms with Gasteiger partial charge in [-0.2, -0.15) is 0 Å². The Morgan fingerprint density at radius 3 is 2.62 bits per heavy atom. The van der Waals surface area contributed by atoms with E-state index in [1.165, 1.54) is 0 Å². The molecule has 0 atom stereocenters. The number of hydrazine groups is 1. The van der Waals surface area contributed by atoms with Gasteiger partial charge in [0.15, 0.2) is 0 Å². The van der Waals surface area contributed by atoms with E-state index >= 15 is 0 Å². The number of aliphatic imine (C=N–C) groups is 1. The predicted molar refractivity (Wildman–Crippen MR) is 65.8 cm³/mol. The van der Waals surface area contributed by atoms with Crippen molar-refractivity contribution in [3.63, 3.8) is 0 Å². The average Bonchev–Trinajstić information content (AvgIpc) is 2.80. The fourth-order valence-electron chi connectivity index (χ4n) is 1.43. The third kappa shape index (κ3) is 3.24. The van der Waals surface area contributed by atoms with E-state index in [1.807, 2.05) is 18.2 Å². The highest BCUT2D eigenvalue weighted by Gasteiger charge is 2.07.